The van der Waals surface area contributed by atoms with Gasteiger partial charge in [0, 0.05) is 10.7 Å². The van der Waals surface area contributed by atoms with E-state index in [1.807, 2.05) is 16.8 Å². The van der Waals surface area contributed by atoms with Crippen molar-refractivity contribution in [1.29, 1.82) is 0 Å². The second-order valence-electron chi connectivity index (χ2n) is 6.29. The summed E-state index contributed by atoms with van der Waals surface area (Å²) in [5.41, 5.74) is 3.11. The molecule has 2 heterocycles. The number of aromatic nitrogens is 2. The zero-order valence-corrected chi connectivity index (χ0v) is 15.1. The van der Waals surface area contributed by atoms with Crippen LogP contribution < -0.4 is 0 Å². The van der Waals surface area contributed by atoms with E-state index in [1.54, 1.807) is 6.07 Å². The van der Waals surface area contributed by atoms with Crippen molar-refractivity contribution in [3.8, 4) is 5.69 Å². The predicted molar refractivity (Wildman–Crippen MR) is 96.9 cm³/mol. The molecule has 0 aliphatic carbocycles. The van der Waals surface area contributed by atoms with Crippen LogP contribution in [0.2, 0.25) is 10.0 Å². The van der Waals surface area contributed by atoms with Crippen LogP contribution in [0.3, 0.4) is 0 Å². The molecule has 0 amide bonds. The van der Waals surface area contributed by atoms with Gasteiger partial charge in [0.25, 0.3) is 0 Å². The first-order chi connectivity index (χ1) is 11.1. The van der Waals surface area contributed by atoms with Crippen molar-refractivity contribution in [2.45, 2.75) is 39.0 Å². The van der Waals surface area contributed by atoms with Gasteiger partial charge in [-0.05, 0) is 76.5 Å². The third kappa shape index (κ3) is 4.28. The number of hydrogen-bond donors (Lipinski definition) is 0. The summed E-state index contributed by atoms with van der Waals surface area (Å²) in [5.74, 6) is 0. The molecular formula is C18H23Cl2N3. The molecule has 124 valence electrons. The zero-order chi connectivity index (χ0) is 16.2. The van der Waals surface area contributed by atoms with Crippen LogP contribution in [-0.2, 0) is 6.42 Å². The summed E-state index contributed by atoms with van der Waals surface area (Å²) >= 11 is 12.3. The Hall–Kier alpha value is -1.03. The number of nitrogens with zero attached hydrogens (tertiary/aromatic N) is 3. The lowest BCUT2D eigenvalue weighted by atomic mass is 10.1. The molecule has 1 saturated heterocycles. The summed E-state index contributed by atoms with van der Waals surface area (Å²) in [5, 5.41) is 6.00. The lowest BCUT2D eigenvalue weighted by Gasteiger charge is -2.26. The maximum absolute atomic E-state index is 6.30. The summed E-state index contributed by atoms with van der Waals surface area (Å²) in [6.45, 7) is 5.75. The summed E-state index contributed by atoms with van der Waals surface area (Å²) in [6, 6.07) is 7.68. The first-order valence-corrected chi connectivity index (χ1v) is 9.12. The Morgan fingerprint density at radius 3 is 2.61 bits per heavy atom. The third-order valence-corrected chi connectivity index (χ3v) is 4.97. The van der Waals surface area contributed by atoms with Crippen LogP contribution in [0.25, 0.3) is 5.69 Å². The van der Waals surface area contributed by atoms with Crippen molar-refractivity contribution in [2.24, 2.45) is 0 Å². The quantitative estimate of drug-likeness (QED) is 0.763. The van der Waals surface area contributed by atoms with Gasteiger partial charge in [-0.1, -0.05) is 29.6 Å². The van der Waals surface area contributed by atoms with Gasteiger partial charge in [-0.25, -0.2) is 4.68 Å². The second-order valence-corrected chi connectivity index (χ2v) is 7.13. The van der Waals surface area contributed by atoms with Crippen molar-refractivity contribution in [3.63, 3.8) is 0 Å². The highest BCUT2D eigenvalue weighted by atomic mass is 35.5. The van der Waals surface area contributed by atoms with E-state index < -0.39 is 0 Å². The largest absolute Gasteiger partial charge is 0.303 e. The van der Waals surface area contributed by atoms with Crippen LogP contribution in [0.5, 0.6) is 0 Å². The molecule has 0 bridgehead atoms. The van der Waals surface area contributed by atoms with E-state index in [4.69, 9.17) is 28.3 Å². The molecule has 0 radical (unpaired) electrons. The number of likely N-dealkylation sites (tertiary alicyclic amines) is 1. The maximum atomic E-state index is 6.30. The number of aryl methyl sites for hydroxylation is 2. The molecule has 2 aromatic rings. The highest BCUT2D eigenvalue weighted by Gasteiger charge is 2.12. The highest BCUT2D eigenvalue weighted by molar-refractivity contribution is 6.35. The summed E-state index contributed by atoms with van der Waals surface area (Å²) in [6.07, 6.45) is 6.26. The number of benzene rings is 1. The Morgan fingerprint density at radius 1 is 1.09 bits per heavy atom. The molecule has 0 saturated carbocycles. The van der Waals surface area contributed by atoms with E-state index in [0.717, 1.165) is 29.9 Å². The van der Waals surface area contributed by atoms with Gasteiger partial charge in [0.2, 0.25) is 0 Å². The van der Waals surface area contributed by atoms with Crippen molar-refractivity contribution < 1.29 is 0 Å². The standard InChI is InChI=1S/C18H23Cl2N3/c1-14-12-16(6-5-11-22-9-3-2-4-10-22)21-23(14)18-8-7-15(19)13-17(18)20/h7-8,12-13H,2-6,9-11H2,1H3. The van der Waals surface area contributed by atoms with Gasteiger partial charge < -0.3 is 4.90 Å². The first-order valence-electron chi connectivity index (χ1n) is 8.37. The van der Waals surface area contributed by atoms with E-state index in [9.17, 15) is 0 Å². The van der Waals surface area contributed by atoms with Gasteiger partial charge in [0.15, 0.2) is 0 Å². The number of halogens is 2. The van der Waals surface area contributed by atoms with Gasteiger partial charge in [-0.15, -0.1) is 0 Å². The van der Waals surface area contributed by atoms with Gasteiger partial charge in [-0.3, -0.25) is 0 Å². The molecule has 5 heteroatoms. The fourth-order valence-electron chi connectivity index (χ4n) is 3.22. The van der Waals surface area contributed by atoms with E-state index >= 15 is 0 Å². The Balaban J connectivity index is 1.63. The van der Waals surface area contributed by atoms with Gasteiger partial charge in [0.1, 0.15) is 0 Å². The summed E-state index contributed by atoms with van der Waals surface area (Å²) in [4.78, 5) is 2.57. The summed E-state index contributed by atoms with van der Waals surface area (Å²) in [7, 11) is 0. The van der Waals surface area contributed by atoms with Crippen molar-refractivity contribution in [2.75, 3.05) is 19.6 Å². The molecule has 3 nitrogen and oxygen atoms in total. The second kappa shape index (κ2) is 7.69. The van der Waals surface area contributed by atoms with Crippen LogP contribution in [0, 0.1) is 6.92 Å². The first kappa shape index (κ1) is 16.8. The van der Waals surface area contributed by atoms with Crippen molar-refractivity contribution in [1.82, 2.24) is 14.7 Å². The number of piperidine rings is 1. The fraction of sp³-hybridized carbons (Fsp3) is 0.500. The number of hydrogen-bond acceptors (Lipinski definition) is 2. The SMILES string of the molecule is Cc1cc(CCCN2CCCCC2)nn1-c1ccc(Cl)cc1Cl. The average molecular weight is 352 g/mol. The number of rotatable bonds is 5. The molecule has 1 aliphatic rings. The molecule has 1 aliphatic heterocycles. The van der Waals surface area contributed by atoms with Crippen LogP contribution >= 0.6 is 23.2 Å². The molecule has 0 atom stereocenters. The minimum Gasteiger partial charge on any atom is -0.303 e. The Kier molecular flexibility index (Phi) is 5.62. The monoisotopic (exact) mass is 351 g/mol. The van der Waals surface area contributed by atoms with Crippen LogP contribution in [0.15, 0.2) is 24.3 Å². The molecule has 1 aromatic heterocycles. The van der Waals surface area contributed by atoms with Gasteiger partial charge in [-0.2, -0.15) is 5.10 Å². The van der Waals surface area contributed by atoms with Crippen molar-refractivity contribution >= 4 is 23.2 Å². The molecule has 1 aromatic carbocycles. The molecule has 0 spiro atoms. The van der Waals surface area contributed by atoms with Crippen LogP contribution in [0.4, 0.5) is 0 Å². The van der Waals surface area contributed by atoms with E-state index in [1.165, 1.54) is 38.9 Å². The van der Waals surface area contributed by atoms with Crippen molar-refractivity contribution in [3.05, 3.63) is 45.7 Å². The lowest BCUT2D eigenvalue weighted by molar-refractivity contribution is 0.226. The normalized spacial score (nSPS) is 16.0. The molecule has 0 N–H and O–H groups in total. The van der Waals surface area contributed by atoms with Gasteiger partial charge in [0.05, 0.1) is 16.4 Å². The van der Waals surface area contributed by atoms with E-state index in [0.29, 0.717) is 10.0 Å². The smallest absolute Gasteiger partial charge is 0.0835 e. The zero-order valence-electron chi connectivity index (χ0n) is 13.6. The minimum absolute atomic E-state index is 0.628. The average Bonchev–Trinajstić information content (AvgIpc) is 2.89. The third-order valence-electron chi connectivity index (χ3n) is 4.43. The van der Waals surface area contributed by atoms with Crippen LogP contribution in [0.1, 0.15) is 37.1 Å². The highest BCUT2D eigenvalue weighted by Crippen LogP contribution is 2.25. The minimum atomic E-state index is 0.628. The van der Waals surface area contributed by atoms with E-state index in [2.05, 4.69) is 17.9 Å². The lowest BCUT2D eigenvalue weighted by Crippen LogP contribution is -2.30. The topological polar surface area (TPSA) is 21.1 Å². The molecule has 23 heavy (non-hydrogen) atoms. The predicted octanol–water partition coefficient (Wildman–Crippen LogP) is 4.91. The summed E-state index contributed by atoms with van der Waals surface area (Å²) < 4.78 is 1.91. The molecular weight excluding hydrogens is 329 g/mol. The Labute approximate surface area is 148 Å². The van der Waals surface area contributed by atoms with Crippen LogP contribution in [-0.4, -0.2) is 34.3 Å². The molecule has 0 unspecified atom stereocenters. The maximum Gasteiger partial charge on any atom is 0.0835 e. The van der Waals surface area contributed by atoms with Gasteiger partial charge >= 0.3 is 0 Å². The Bertz CT molecular complexity index is 660. The molecule has 3 rings (SSSR count). The Morgan fingerprint density at radius 2 is 1.87 bits per heavy atom. The fourth-order valence-corrected chi connectivity index (χ4v) is 3.71. The van der Waals surface area contributed by atoms with E-state index in [-0.39, 0.29) is 0 Å². The molecule has 1 fully saturated rings.